The van der Waals surface area contributed by atoms with Crippen molar-refractivity contribution in [3.63, 3.8) is 0 Å². The molecule has 0 heterocycles. The fraction of sp³-hybridized carbons (Fsp3) is 1.00. The third kappa shape index (κ3) is 6.42. The summed E-state index contributed by atoms with van der Waals surface area (Å²) in [5.74, 6) is 0. The van der Waals surface area contributed by atoms with E-state index in [1.807, 2.05) is 0 Å². The van der Waals surface area contributed by atoms with Gasteiger partial charge in [0.2, 0.25) is 0 Å². The van der Waals surface area contributed by atoms with Gasteiger partial charge in [-0.05, 0) is 6.42 Å². The van der Waals surface area contributed by atoms with Gasteiger partial charge in [0.05, 0.1) is 6.61 Å². The molecule has 0 bridgehead atoms. The van der Waals surface area contributed by atoms with Crippen LogP contribution in [-0.2, 0) is 22.4 Å². The molecule has 1 unspecified atom stereocenters. The first-order chi connectivity index (χ1) is 6.89. The summed E-state index contributed by atoms with van der Waals surface area (Å²) in [7, 11) is -1.68. The molecule has 1 atom stereocenters. The summed E-state index contributed by atoms with van der Waals surface area (Å²) in [5.41, 5.74) is 0. The number of rotatable bonds is 8. The van der Waals surface area contributed by atoms with Crippen LogP contribution in [0.5, 0.6) is 0 Å². The van der Waals surface area contributed by atoms with E-state index in [-0.39, 0.29) is 6.61 Å². The molecule has 15 heavy (non-hydrogen) atoms. The molecule has 0 fully saturated rings. The first kappa shape index (κ1) is 15.2. The Morgan fingerprint density at radius 2 is 1.67 bits per heavy atom. The maximum Gasteiger partial charge on any atom is 0.500 e. The predicted molar refractivity (Wildman–Crippen MR) is 55.7 cm³/mol. The van der Waals surface area contributed by atoms with Crippen molar-refractivity contribution in [1.82, 2.24) is 0 Å². The average molecular weight is 257 g/mol. The van der Waals surface area contributed by atoms with Gasteiger partial charge in [-0.25, -0.2) is 0 Å². The maximum atomic E-state index is 10.7. The molecule has 0 aliphatic rings. The van der Waals surface area contributed by atoms with Crippen molar-refractivity contribution < 1.29 is 27.3 Å². The van der Waals surface area contributed by atoms with Crippen molar-refractivity contribution in [2.75, 3.05) is 34.6 Å². The Labute approximate surface area is 91.4 Å². The molecule has 0 spiro atoms. The Balaban J connectivity index is 3.87. The minimum absolute atomic E-state index is 0.127. The maximum absolute atomic E-state index is 10.7. The van der Waals surface area contributed by atoms with Crippen molar-refractivity contribution in [2.45, 2.75) is 12.5 Å². The summed E-state index contributed by atoms with van der Waals surface area (Å²) in [4.78, 5) is 10.7. The average Bonchev–Trinajstić information content (AvgIpc) is 2.18. The predicted octanol–water partition coefficient (Wildman–Crippen LogP) is 0.454. The summed E-state index contributed by atoms with van der Waals surface area (Å²) in [6.45, 7) is 1.17. The van der Waals surface area contributed by atoms with Crippen molar-refractivity contribution in [1.29, 1.82) is 0 Å². The summed E-state index contributed by atoms with van der Waals surface area (Å²) < 4.78 is 30.8. The second kappa shape index (κ2) is 6.75. The molecular weight excluding hydrogens is 239 g/mol. The van der Waals surface area contributed by atoms with Gasteiger partial charge in [-0.3, -0.25) is 0 Å². The molecule has 0 aromatic heterocycles. The highest BCUT2D eigenvalue weighted by Crippen LogP contribution is 2.31. The molecule has 0 amide bonds. The fourth-order valence-corrected chi connectivity index (χ4v) is 3.23. The van der Waals surface area contributed by atoms with Crippen LogP contribution < -0.4 is 4.89 Å². The zero-order valence-electron chi connectivity index (χ0n) is 9.52. The molecule has 0 aromatic rings. The van der Waals surface area contributed by atoms with E-state index in [0.717, 1.165) is 6.66 Å². The van der Waals surface area contributed by atoms with Gasteiger partial charge in [-0.1, -0.05) is 0 Å². The quantitative estimate of drug-likeness (QED) is 0.357. The third-order valence-corrected chi connectivity index (χ3v) is 5.37. The van der Waals surface area contributed by atoms with E-state index in [1.165, 1.54) is 21.3 Å². The van der Waals surface area contributed by atoms with Gasteiger partial charge in [0.25, 0.3) is 0 Å². The van der Waals surface area contributed by atoms with Crippen LogP contribution in [0.15, 0.2) is 0 Å². The zero-order chi connectivity index (χ0) is 11.9. The molecule has 0 aliphatic heterocycles. The van der Waals surface area contributed by atoms with E-state index in [2.05, 4.69) is 4.52 Å². The molecule has 0 radical (unpaired) electrons. The highest BCUT2D eigenvalue weighted by Gasteiger charge is 2.36. The minimum Gasteiger partial charge on any atom is -0.779 e. The van der Waals surface area contributed by atoms with Crippen molar-refractivity contribution in [2.24, 2.45) is 0 Å². The minimum atomic E-state index is -3.63. The molecule has 8 heteroatoms. The van der Waals surface area contributed by atoms with Crippen LogP contribution in [0.2, 0.25) is 6.04 Å². The van der Waals surface area contributed by atoms with Crippen molar-refractivity contribution in [3.8, 4) is 0 Å². The van der Waals surface area contributed by atoms with E-state index in [4.69, 9.17) is 13.3 Å². The normalized spacial score (nSPS) is 16.3. The van der Waals surface area contributed by atoms with Gasteiger partial charge in [-0.2, -0.15) is 0 Å². The smallest absolute Gasteiger partial charge is 0.500 e. The van der Waals surface area contributed by atoms with Crippen LogP contribution >= 0.6 is 7.60 Å². The van der Waals surface area contributed by atoms with E-state index < -0.39 is 16.4 Å². The standard InChI is InChI=1S/C7H19O6PSi/c1-10-15(11-2,12-3)7-5-6-13-14(4,8)9/h5-7H2,1-4H3,(H,8,9)/p-1. The molecule has 6 nitrogen and oxygen atoms in total. The van der Waals surface area contributed by atoms with Gasteiger partial charge in [0, 0.05) is 34.0 Å². The molecule has 92 valence electrons. The zero-order valence-corrected chi connectivity index (χ0v) is 11.4. The van der Waals surface area contributed by atoms with Crippen LogP contribution in [0.3, 0.4) is 0 Å². The van der Waals surface area contributed by atoms with Crippen LogP contribution in [0, 0.1) is 0 Å². The Kier molecular flexibility index (Phi) is 6.86. The van der Waals surface area contributed by atoms with Crippen molar-refractivity contribution in [3.05, 3.63) is 0 Å². The molecule has 0 N–H and O–H groups in total. The first-order valence-electron chi connectivity index (χ1n) is 4.47. The highest BCUT2D eigenvalue weighted by molar-refractivity contribution is 7.50. The lowest BCUT2D eigenvalue weighted by molar-refractivity contribution is -0.196. The topological polar surface area (TPSA) is 77.1 Å². The molecule has 0 saturated heterocycles. The monoisotopic (exact) mass is 257 g/mol. The Morgan fingerprint density at radius 3 is 2.00 bits per heavy atom. The van der Waals surface area contributed by atoms with Gasteiger partial charge in [-0.15, -0.1) is 0 Å². The first-order valence-corrected chi connectivity index (χ1v) is 8.40. The van der Waals surface area contributed by atoms with E-state index in [1.54, 1.807) is 0 Å². The largest absolute Gasteiger partial charge is 0.779 e. The molecule has 0 saturated carbocycles. The third-order valence-electron chi connectivity index (χ3n) is 1.89. The van der Waals surface area contributed by atoms with E-state index in [0.29, 0.717) is 12.5 Å². The Bertz CT molecular complexity index is 205. The highest BCUT2D eigenvalue weighted by atomic mass is 31.2. The lowest BCUT2D eigenvalue weighted by atomic mass is 10.5. The molecule has 0 aliphatic carbocycles. The Morgan fingerprint density at radius 1 is 1.20 bits per heavy atom. The summed E-state index contributed by atoms with van der Waals surface area (Å²) >= 11 is 0. The second-order valence-electron chi connectivity index (χ2n) is 3.00. The lowest BCUT2D eigenvalue weighted by Gasteiger charge is -2.25. The van der Waals surface area contributed by atoms with Gasteiger partial charge >= 0.3 is 8.80 Å². The SMILES string of the molecule is CO[Si](CCCOP(C)(=O)[O-])(OC)OC. The second-order valence-corrected chi connectivity index (χ2v) is 7.90. The number of hydrogen-bond donors (Lipinski definition) is 0. The summed E-state index contributed by atoms with van der Waals surface area (Å²) in [5, 5.41) is 0. The van der Waals surface area contributed by atoms with Gasteiger partial charge in [0.15, 0.2) is 0 Å². The summed E-state index contributed by atoms with van der Waals surface area (Å²) in [6, 6.07) is 0.524. The molecular formula is C7H18O6PSi-. The number of hydrogen-bond acceptors (Lipinski definition) is 6. The van der Waals surface area contributed by atoms with Crippen LogP contribution in [-0.4, -0.2) is 43.4 Å². The van der Waals surface area contributed by atoms with Crippen molar-refractivity contribution >= 4 is 16.4 Å². The molecule has 0 rings (SSSR count). The Hall–Kier alpha value is 0.247. The molecule has 0 aromatic carbocycles. The fourth-order valence-electron chi connectivity index (χ4n) is 1.08. The van der Waals surface area contributed by atoms with Crippen LogP contribution in [0.1, 0.15) is 6.42 Å². The van der Waals surface area contributed by atoms with Gasteiger partial charge < -0.3 is 27.3 Å². The van der Waals surface area contributed by atoms with E-state index in [9.17, 15) is 9.46 Å². The van der Waals surface area contributed by atoms with E-state index >= 15 is 0 Å². The van der Waals surface area contributed by atoms with Crippen LogP contribution in [0.25, 0.3) is 0 Å². The summed E-state index contributed by atoms with van der Waals surface area (Å²) in [6.07, 6.45) is 0.516. The lowest BCUT2D eigenvalue weighted by Crippen LogP contribution is -2.42. The van der Waals surface area contributed by atoms with Crippen LogP contribution in [0.4, 0.5) is 0 Å². The van der Waals surface area contributed by atoms with Gasteiger partial charge in [0.1, 0.15) is 7.60 Å².